The fourth-order valence-corrected chi connectivity index (χ4v) is 2.32. The second-order valence-electron chi connectivity index (χ2n) is 6.36. The van der Waals surface area contributed by atoms with Crippen LogP contribution in [0, 0.1) is 0 Å². The molecule has 0 aliphatic carbocycles. The van der Waals surface area contributed by atoms with Crippen LogP contribution in [0.5, 0.6) is 0 Å². The lowest BCUT2D eigenvalue weighted by atomic mass is 10.1. The molecule has 0 bridgehead atoms. The predicted octanol–water partition coefficient (Wildman–Crippen LogP) is -2.59. The maximum Gasteiger partial charge on any atom is 0.325 e. The van der Waals surface area contributed by atoms with Gasteiger partial charge in [-0.3, -0.25) is 24.0 Å². The third-order valence-electron chi connectivity index (χ3n) is 3.85. The van der Waals surface area contributed by atoms with Crippen molar-refractivity contribution in [3.8, 4) is 0 Å². The lowest BCUT2D eigenvalue weighted by Gasteiger charge is -2.24. The largest absolute Gasteiger partial charge is 0.481 e. The monoisotopic (exact) mass is 435 g/mol. The first-order valence-electron chi connectivity index (χ1n) is 8.95. The van der Waals surface area contributed by atoms with Gasteiger partial charge in [-0.1, -0.05) is 0 Å². The topological polar surface area (TPSA) is 214 Å². The van der Waals surface area contributed by atoms with E-state index in [9.17, 15) is 24.0 Å². The molecule has 0 aromatic carbocycles. The highest BCUT2D eigenvalue weighted by atomic mass is 32.1. The van der Waals surface area contributed by atoms with E-state index in [1.54, 1.807) is 0 Å². The molecule has 0 aliphatic rings. The molecular formula is C16H29N5O7S. The first-order chi connectivity index (χ1) is 13.5. The van der Waals surface area contributed by atoms with Gasteiger partial charge in [-0.2, -0.15) is 12.6 Å². The van der Waals surface area contributed by atoms with Crippen LogP contribution in [0.3, 0.4) is 0 Å². The molecule has 0 aromatic rings. The van der Waals surface area contributed by atoms with Gasteiger partial charge in [0.2, 0.25) is 17.7 Å². The number of aliphatic carboxylic acids is 2. The molecule has 0 aromatic heterocycles. The lowest BCUT2D eigenvalue weighted by molar-refractivity contribution is -0.143. The molecule has 13 heteroatoms. The molecule has 0 heterocycles. The maximum atomic E-state index is 12.6. The molecule has 0 saturated heterocycles. The van der Waals surface area contributed by atoms with E-state index in [1.807, 2.05) is 0 Å². The minimum absolute atomic E-state index is 0.0418. The minimum Gasteiger partial charge on any atom is -0.481 e. The Hall–Kier alpha value is -2.38. The highest BCUT2D eigenvalue weighted by Crippen LogP contribution is 2.04. The van der Waals surface area contributed by atoms with Crippen molar-refractivity contribution < 1.29 is 34.2 Å². The van der Waals surface area contributed by atoms with Crippen molar-refractivity contribution in [2.75, 3.05) is 12.3 Å². The van der Waals surface area contributed by atoms with Crippen LogP contribution in [-0.4, -0.2) is 76.3 Å². The standard InChI is InChI=1S/C16H29N5O7S/c1-8(16(27)28)19-15(26)11(6-12(22)23)21-14(25)10(4-2-3-5-17)20-13(24)9(18)7-29/h8-11,29H,2-7,17-18H2,1H3,(H,19,26)(H,20,24)(H,21,25)(H,22,23)(H,27,28). The summed E-state index contributed by atoms with van der Waals surface area (Å²) in [7, 11) is 0. The molecule has 166 valence electrons. The number of rotatable bonds is 14. The molecule has 3 amide bonds. The summed E-state index contributed by atoms with van der Waals surface area (Å²) in [5.41, 5.74) is 11.0. The van der Waals surface area contributed by atoms with E-state index >= 15 is 0 Å². The highest BCUT2D eigenvalue weighted by Gasteiger charge is 2.30. The Bertz CT molecular complexity index is 604. The SMILES string of the molecule is CC(NC(=O)C(CC(=O)O)NC(=O)C(CCCCN)NC(=O)C(N)CS)C(=O)O. The summed E-state index contributed by atoms with van der Waals surface area (Å²) in [6, 6.07) is -4.86. The van der Waals surface area contributed by atoms with Gasteiger partial charge in [0.05, 0.1) is 12.5 Å². The third-order valence-corrected chi connectivity index (χ3v) is 4.25. The summed E-state index contributed by atoms with van der Waals surface area (Å²) >= 11 is 3.91. The number of unbranched alkanes of at least 4 members (excludes halogenated alkanes) is 1. The number of carboxylic acid groups (broad SMARTS) is 2. The fourth-order valence-electron chi connectivity index (χ4n) is 2.16. The van der Waals surface area contributed by atoms with Crippen LogP contribution in [0.25, 0.3) is 0 Å². The number of nitrogens with two attached hydrogens (primary N) is 2. The van der Waals surface area contributed by atoms with Crippen LogP contribution < -0.4 is 27.4 Å². The Balaban J connectivity index is 5.30. The van der Waals surface area contributed by atoms with Gasteiger partial charge in [0.15, 0.2) is 0 Å². The van der Waals surface area contributed by atoms with Gasteiger partial charge in [0.1, 0.15) is 18.1 Å². The molecule has 0 spiro atoms. The normalized spacial score (nSPS) is 14.8. The van der Waals surface area contributed by atoms with Gasteiger partial charge in [-0.15, -0.1) is 0 Å². The van der Waals surface area contributed by atoms with Gasteiger partial charge in [-0.25, -0.2) is 0 Å². The van der Waals surface area contributed by atoms with Gasteiger partial charge in [0, 0.05) is 5.75 Å². The van der Waals surface area contributed by atoms with Crippen LogP contribution in [-0.2, 0) is 24.0 Å². The van der Waals surface area contributed by atoms with E-state index < -0.39 is 60.2 Å². The van der Waals surface area contributed by atoms with Crippen molar-refractivity contribution in [1.29, 1.82) is 0 Å². The molecule has 0 radical (unpaired) electrons. The number of hydrogen-bond donors (Lipinski definition) is 8. The fraction of sp³-hybridized carbons (Fsp3) is 0.688. The van der Waals surface area contributed by atoms with Crippen molar-refractivity contribution >= 4 is 42.3 Å². The van der Waals surface area contributed by atoms with Crippen LogP contribution >= 0.6 is 12.6 Å². The quantitative estimate of drug-likeness (QED) is 0.106. The summed E-state index contributed by atoms with van der Waals surface area (Å²) in [5, 5.41) is 24.7. The average Bonchev–Trinajstić information content (AvgIpc) is 2.65. The number of carbonyl (C=O) groups excluding carboxylic acids is 3. The van der Waals surface area contributed by atoms with Crippen LogP contribution in [0.1, 0.15) is 32.6 Å². The van der Waals surface area contributed by atoms with Gasteiger partial charge in [0.25, 0.3) is 0 Å². The summed E-state index contributed by atoms with van der Waals surface area (Å²) in [5.74, 6) is -5.08. The van der Waals surface area contributed by atoms with Crippen molar-refractivity contribution in [2.45, 2.75) is 56.8 Å². The Labute approximate surface area is 173 Å². The van der Waals surface area contributed by atoms with Crippen LogP contribution in [0.4, 0.5) is 0 Å². The first kappa shape index (κ1) is 26.6. The number of carbonyl (C=O) groups is 5. The Morgan fingerprint density at radius 2 is 1.48 bits per heavy atom. The van der Waals surface area contributed by atoms with E-state index in [1.165, 1.54) is 6.92 Å². The molecule has 0 rings (SSSR count). The predicted molar refractivity (Wildman–Crippen MR) is 106 cm³/mol. The molecule has 9 N–H and O–H groups in total. The molecule has 0 fully saturated rings. The summed E-state index contributed by atoms with van der Waals surface area (Å²) in [6.07, 6.45) is 0.467. The Morgan fingerprint density at radius 1 is 0.931 bits per heavy atom. The van der Waals surface area contributed by atoms with E-state index in [2.05, 4.69) is 28.6 Å². The van der Waals surface area contributed by atoms with E-state index in [-0.39, 0.29) is 12.2 Å². The number of nitrogens with one attached hydrogen (secondary N) is 3. The lowest BCUT2D eigenvalue weighted by Crippen LogP contribution is -2.57. The Morgan fingerprint density at radius 3 is 1.97 bits per heavy atom. The molecule has 12 nitrogen and oxygen atoms in total. The van der Waals surface area contributed by atoms with Crippen molar-refractivity contribution in [3.63, 3.8) is 0 Å². The first-order valence-corrected chi connectivity index (χ1v) is 9.58. The third kappa shape index (κ3) is 10.7. The molecule has 29 heavy (non-hydrogen) atoms. The highest BCUT2D eigenvalue weighted by molar-refractivity contribution is 7.80. The van der Waals surface area contributed by atoms with Crippen molar-refractivity contribution in [3.05, 3.63) is 0 Å². The average molecular weight is 436 g/mol. The van der Waals surface area contributed by atoms with Crippen LogP contribution in [0.2, 0.25) is 0 Å². The number of amides is 3. The summed E-state index contributed by atoms with van der Waals surface area (Å²) in [4.78, 5) is 58.7. The second-order valence-corrected chi connectivity index (χ2v) is 6.73. The van der Waals surface area contributed by atoms with Crippen molar-refractivity contribution in [2.24, 2.45) is 11.5 Å². The molecule has 4 atom stereocenters. The number of thiol groups is 1. The van der Waals surface area contributed by atoms with Gasteiger partial charge >= 0.3 is 11.9 Å². The number of hydrogen-bond acceptors (Lipinski definition) is 8. The number of carboxylic acids is 2. The minimum atomic E-state index is -1.53. The molecule has 0 aliphatic heterocycles. The second kappa shape index (κ2) is 13.7. The van der Waals surface area contributed by atoms with Gasteiger partial charge < -0.3 is 37.6 Å². The zero-order valence-corrected chi connectivity index (χ0v) is 17.0. The zero-order valence-electron chi connectivity index (χ0n) is 16.1. The summed E-state index contributed by atoms with van der Waals surface area (Å²) in [6.45, 7) is 1.56. The molecule has 4 unspecified atom stereocenters. The van der Waals surface area contributed by atoms with E-state index in [0.717, 1.165) is 0 Å². The molecule has 0 saturated carbocycles. The van der Waals surface area contributed by atoms with E-state index in [0.29, 0.717) is 19.4 Å². The Kier molecular flexibility index (Phi) is 12.6. The molecular weight excluding hydrogens is 406 g/mol. The van der Waals surface area contributed by atoms with E-state index in [4.69, 9.17) is 21.7 Å². The zero-order chi connectivity index (χ0) is 22.6. The van der Waals surface area contributed by atoms with Crippen molar-refractivity contribution in [1.82, 2.24) is 16.0 Å². The smallest absolute Gasteiger partial charge is 0.325 e. The maximum absolute atomic E-state index is 12.6. The van der Waals surface area contributed by atoms with Crippen LogP contribution in [0.15, 0.2) is 0 Å². The summed E-state index contributed by atoms with van der Waals surface area (Å²) < 4.78 is 0. The van der Waals surface area contributed by atoms with Gasteiger partial charge in [-0.05, 0) is 32.7 Å².